The van der Waals surface area contributed by atoms with Crippen LogP contribution in [0, 0.1) is 11.6 Å². The summed E-state index contributed by atoms with van der Waals surface area (Å²) in [6.45, 7) is 2.81. The van der Waals surface area contributed by atoms with Gasteiger partial charge in [-0.15, -0.1) is 16.4 Å². The molecule has 9 nitrogen and oxygen atoms in total. The molecular formula is C21H17F2N5O4S. The lowest BCUT2D eigenvalue weighted by Crippen LogP contribution is -2.16. The number of aromatic carboxylic acids is 1. The molecular weight excluding hydrogens is 456 g/mol. The van der Waals surface area contributed by atoms with E-state index >= 15 is 0 Å². The van der Waals surface area contributed by atoms with E-state index in [1.165, 1.54) is 42.8 Å². The van der Waals surface area contributed by atoms with Crippen LogP contribution in [0.1, 0.15) is 40.3 Å². The largest absolute Gasteiger partial charge is 0.476 e. The lowest BCUT2D eigenvalue weighted by Gasteiger charge is -2.18. The van der Waals surface area contributed by atoms with Crippen molar-refractivity contribution in [3.05, 3.63) is 65.0 Å². The van der Waals surface area contributed by atoms with Gasteiger partial charge in [0.1, 0.15) is 16.6 Å². The zero-order valence-electron chi connectivity index (χ0n) is 17.3. The fourth-order valence-corrected chi connectivity index (χ4v) is 4.24. The minimum absolute atomic E-state index is 0.0147. The average molecular weight is 473 g/mol. The standard InChI is InChI=1S/C21H17F2N5O4S/c1-21(2,32)9-5-11(22)17(12(23)6-9)14-7-10(18(24)29)19(33-14)26-15-3-4-16-25-13(20(30)31)8-28(16)27-15/h3-8,32H,1-2H3,(H2,24,29)(H,26,27)(H,30,31). The van der Waals surface area contributed by atoms with Crippen molar-refractivity contribution in [2.75, 3.05) is 5.32 Å². The third-order valence-electron chi connectivity index (χ3n) is 4.77. The summed E-state index contributed by atoms with van der Waals surface area (Å²) in [5.41, 5.74) is 3.77. The Kier molecular flexibility index (Phi) is 5.34. The van der Waals surface area contributed by atoms with Gasteiger partial charge in [-0.1, -0.05) is 0 Å². The molecule has 0 aliphatic carbocycles. The smallest absolute Gasteiger partial charge is 0.356 e. The SMILES string of the molecule is CC(C)(O)c1cc(F)c(-c2cc(C(N)=O)c(Nc3ccc4nc(C(=O)O)cn4n3)s2)c(F)c1. The van der Waals surface area contributed by atoms with Crippen LogP contribution >= 0.6 is 11.3 Å². The lowest BCUT2D eigenvalue weighted by atomic mass is 9.96. The van der Waals surface area contributed by atoms with Gasteiger partial charge in [-0.05, 0) is 49.7 Å². The first kappa shape index (κ1) is 22.3. The summed E-state index contributed by atoms with van der Waals surface area (Å²) < 4.78 is 30.8. The second-order valence-corrected chi connectivity index (χ2v) is 8.72. The first-order valence-electron chi connectivity index (χ1n) is 9.46. The quantitative estimate of drug-likeness (QED) is 0.336. The maximum absolute atomic E-state index is 14.8. The highest BCUT2D eigenvalue weighted by molar-refractivity contribution is 7.20. The van der Waals surface area contributed by atoms with Crippen molar-refractivity contribution in [3.8, 4) is 10.4 Å². The number of hydrogen-bond donors (Lipinski definition) is 4. The monoisotopic (exact) mass is 473 g/mol. The number of rotatable bonds is 6. The Bertz CT molecular complexity index is 1400. The summed E-state index contributed by atoms with van der Waals surface area (Å²) in [5.74, 6) is -3.64. The second-order valence-electron chi connectivity index (χ2n) is 7.67. The maximum Gasteiger partial charge on any atom is 0.356 e. The minimum atomic E-state index is -1.45. The number of carbonyl (C=O) groups excluding carboxylic acids is 1. The van der Waals surface area contributed by atoms with Crippen LogP contribution in [-0.4, -0.2) is 36.7 Å². The van der Waals surface area contributed by atoms with Crippen LogP contribution in [0.25, 0.3) is 16.1 Å². The molecule has 0 aliphatic rings. The lowest BCUT2D eigenvalue weighted by molar-refractivity contribution is 0.0690. The highest BCUT2D eigenvalue weighted by Gasteiger charge is 2.24. The number of nitrogens with zero attached hydrogens (tertiary/aromatic N) is 3. The number of fused-ring (bicyclic) bond motifs is 1. The molecule has 4 rings (SSSR count). The van der Waals surface area contributed by atoms with Crippen LogP contribution in [0.5, 0.6) is 0 Å². The van der Waals surface area contributed by atoms with E-state index in [1.807, 2.05) is 0 Å². The van der Waals surface area contributed by atoms with Gasteiger partial charge in [0.05, 0.1) is 22.9 Å². The normalized spacial score (nSPS) is 11.7. The summed E-state index contributed by atoms with van der Waals surface area (Å²) in [6, 6.07) is 6.33. The van der Waals surface area contributed by atoms with E-state index in [9.17, 15) is 23.5 Å². The van der Waals surface area contributed by atoms with E-state index in [2.05, 4.69) is 15.4 Å². The van der Waals surface area contributed by atoms with Crippen LogP contribution in [0.15, 0.2) is 36.5 Å². The fraction of sp³-hybridized carbons (Fsp3) is 0.143. The topological polar surface area (TPSA) is 143 Å². The molecule has 0 bridgehead atoms. The van der Waals surface area contributed by atoms with Crippen LogP contribution in [0.2, 0.25) is 0 Å². The van der Waals surface area contributed by atoms with Crippen LogP contribution in [0.3, 0.4) is 0 Å². The molecule has 0 unspecified atom stereocenters. The van der Waals surface area contributed by atoms with Gasteiger partial charge in [-0.2, -0.15) is 0 Å². The number of aromatic nitrogens is 3. The number of benzene rings is 1. The number of carbonyl (C=O) groups is 2. The number of amides is 1. The Hall–Kier alpha value is -3.90. The van der Waals surface area contributed by atoms with Crippen LogP contribution in [-0.2, 0) is 5.60 Å². The number of thiophene rings is 1. The molecule has 1 amide bonds. The molecule has 3 aromatic heterocycles. The minimum Gasteiger partial charge on any atom is -0.476 e. The van der Waals surface area contributed by atoms with Crippen molar-refractivity contribution in [1.82, 2.24) is 14.6 Å². The molecule has 0 fully saturated rings. The van der Waals surface area contributed by atoms with E-state index in [0.717, 1.165) is 23.5 Å². The van der Waals surface area contributed by atoms with Crippen LogP contribution in [0.4, 0.5) is 19.6 Å². The summed E-state index contributed by atoms with van der Waals surface area (Å²) >= 11 is 0.880. The number of imidazole rings is 1. The molecule has 0 saturated carbocycles. The molecule has 3 heterocycles. The van der Waals surface area contributed by atoms with Gasteiger partial charge in [0, 0.05) is 4.88 Å². The summed E-state index contributed by atoms with van der Waals surface area (Å²) in [7, 11) is 0. The predicted octanol–water partition coefficient (Wildman–Crippen LogP) is 3.50. The molecule has 4 aromatic rings. The number of anilines is 2. The molecule has 5 N–H and O–H groups in total. The van der Waals surface area contributed by atoms with Gasteiger partial charge in [0.2, 0.25) is 0 Å². The van der Waals surface area contributed by atoms with E-state index in [4.69, 9.17) is 10.8 Å². The zero-order chi connectivity index (χ0) is 24.1. The van der Waals surface area contributed by atoms with Crippen molar-refractivity contribution >= 4 is 39.7 Å². The number of nitrogens with one attached hydrogen (secondary N) is 1. The molecule has 0 saturated heterocycles. The molecule has 1 aromatic carbocycles. The summed E-state index contributed by atoms with van der Waals surface area (Å²) in [5, 5.41) is 26.4. The Morgan fingerprint density at radius 1 is 1.18 bits per heavy atom. The van der Waals surface area contributed by atoms with Gasteiger partial charge in [0.15, 0.2) is 17.2 Å². The van der Waals surface area contributed by atoms with E-state index in [1.54, 1.807) is 0 Å². The third-order valence-corrected chi connectivity index (χ3v) is 5.84. The number of hydrogen-bond acceptors (Lipinski definition) is 7. The van der Waals surface area contributed by atoms with Crippen molar-refractivity contribution in [2.45, 2.75) is 19.4 Å². The number of primary amides is 1. The van der Waals surface area contributed by atoms with Crippen molar-refractivity contribution in [1.29, 1.82) is 0 Å². The molecule has 33 heavy (non-hydrogen) atoms. The van der Waals surface area contributed by atoms with Gasteiger partial charge >= 0.3 is 5.97 Å². The molecule has 0 aliphatic heterocycles. The molecule has 0 atom stereocenters. The fourth-order valence-electron chi connectivity index (χ4n) is 3.12. The number of halogens is 2. The van der Waals surface area contributed by atoms with Crippen molar-refractivity contribution < 1.29 is 28.6 Å². The van der Waals surface area contributed by atoms with E-state index < -0.39 is 29.1 Å². The molecule has 170 valence electrons. The third kappa shape index (κ3) is 4.25. The highest BCUT2D eigenvalue weighted by atomic mass is 32.1. The number of carboxylic acids is 1. The first-order valence-corrected chi connectivity index (χ1v) is 10.3. The van der Waals surface area contributed by atoms with Gasteiger partial charge < -0.3 is 21.3 Å². The van der Waals surface area contributed by atoms with Gasteiger partial charge in [-0.3, -0.25) is 4.79 Å². The Labute approximate surface area is 189 Å². The van der Waals surface area contributed by atoms with Crippen molar-refractivity contribution in [3.63, 3.8) is 0 Å². The Balaban J connectivity index is 1.75. The van der Waals surface area contributed by atoms with Crippen molar-refractivity contribution in [2.24, 2.45) is 5.73 Å². The van der Waals surface area contributed by atoms with Gasteiger partial charge in [0.25, 0.3) is 5.91 Å². The maximum atomic E-state index is 14.8. The Morgan fingerprint density at radius 3 is 2.42 bits per heavy atom. The molecule has 12 heteroatoms. The molecule has 0 spiro atoms. The van der Waals surface area contributed by atoms with E-state index in [0.29, 0.717) is 0 Å². The Morgan fingerprint density at radius 2 is 1.85 bits per heavy atom. The number of nitrogens with two attached hydrogens (primary N) is 1. The van der Waals surface area contributed by atoms with Crippen LogP contribution < -0.4 is 11.1 Å². The highest BCUT2D eigenvalue weighted by Crippen LogP contribution is 2.40. The predicted molar refractivity (Wildman–Crippen MR) is 117 cm³/mol. The first-order chi connectivity index (χ1) is 15.4. The number of aliphatic hydroxyl groups is 1. The van der Waals surface area contributed by atoms with Gasteiger partial charge in [-0.25, -0.2) is 23.1 Å². The van der Waals surface area contributed by atoms with E-state index in [-0.39, 0.29) is 43.7 Å². The number of carboxylic acid groups (broad SMARTS) is 1. The average Bonchev–Trinajstić information content (AvgIpc) is 3.31. The summed E-state index contributed by atoms with van der Waals surface area (Å²) in [6.07, 6.45) is 1.21. The second kappa shape index (κ2) is 7.90. The zero-order valence-corrected chi connectivity index (χ0v) is 18.1. The summed E-state index contributed by atoms with van der Waals surface area (Å²) in [4.78, 5) is 27.1. The molecule has 0 radical (unpaired) electrons.